The van der Waals surface area contributed by atoms with Gasteiger partial charge in [-0.15, -0.1) is 0 Å². The minimum Gasteiger partial charge on any atom is -0.478 e. The second-order valence-corrected chi connectivity index (χ2v) is 6.33. The maximum absolute atomic E-state index is 5.95. The molecule has 1 aliphatic carbocycles. The largest absolute Gasteiger partial charge is 0.478 e. The average Bonchev–Trinajstić information content (AvgIpc) is 2.47. The van der Waals surface area contributed by atoms with Crippen LogP contribution in [0.1, 0.15) is 63.0 Å². The Morgan fingerprint density at radius 2 is 1.95 bits per heavy atom. The Bertz CT molecular complexity index is 435. The number of benzene rings is 1. The molecule has 1 aromatic carbocycles. The van der Waals surface area contributed by atoms with E-state index < -0.39 is 0 Å². The summed E-state index contributed by atoms with van der Waals surface area (Å²) >= 11 is 0. The van der Waals surface area contributed by atoms with Crippen LogP contribution in [0, 0.1) is 0 Å². The fourth-order valence-electron chi connectivity index (χ4n) is 3.32. The fourth-order valence-corrected chi connectivity index (χ4v) is 3.32. The van der Waals surface area contributed by atoms with Gasteiger partial charge in [0.15, 0.2) is 0 Å². The Morgan fingerprint density at radius 3 is 2.68 bits per heavy atom. The smallest absolute Gasteiger partial charge is 0.142 e. The molecule has 0 saturated heterocycles. The van der Waals surface area contributed by atoms with Crippen molar-refractivity contribution in [1.82, 2.24) is 4.90 Å². The standard InChI is InChI=1S/C17H25NO/c1-13(2)14-8-9-17-15(10-14)11-18(12-19-17)16-6-4-3-5-7-16/h8-10,13,16H,3-7,11-12H2,1-2H3. The number of ether oxygens (including phenoxy) is 1. The lowest BCUT2D eigenvalue weighted by molar-refractivity contribution is 0.0403. The van der Waals surface area contributed by atoms with E-state index in [1.165, 1.54) is 43.2 Å². The molecule has 1 aliphatic heterocycles. The highest BCUT2D eigenvalue weighted by Crippen LogP contribution is 2.32. The summed E-state index contributed by atoms with van der Waals surface area (Å²) in [5.41, 5.74) is 2.80. The predicted molar refractivity (Wildman–Crippen MR) is 78.4 cm³/mol. The topological polar surface area (TPSA) is 12.5 Å². The normalized spacial score (nSPS) is 21.2. The summed E-state index contributed by atoms with van der Waals surface area (Å²) < 4.78 is 5.95. The van der Waals surface area contributed by atoms with Crippen LogP contribution in [0.3, 0.4) is 0 Å². The van der Waals surface area contributed by atoms with Crippen molar-refractivity contribution in [3.8, 4) is 5.75 Å². The Hall–Kier alpha value is -1.02. The minimum atomic E-state index is 0.593. The molecule has 1 aromatic rings. The van der Waals surface area contributed by atoms with Gasteiger partial charge in [0, 0.05) is 18.2 Å². The monoisotopic (exact) mass is 259 g/mol. The average molecular weight is 259 g/mol. The van der Waals surface area contributed by atoms with Gasteiger partial charge >= 0.3 is 0 Å². The van der Waals surface area contributed by atoms with E-state index in [1.54, 1.807) is 0 Å². The molecule has 0 aromatic heterocycles. The van der Waals surface area contributed by atoms with E-state index in [0.717, 1.165) is 25.1 Å². The maximum atomic E-state index is 5.95. The molecule has 1 heterocycles. The van der Waals surface area contributed by atoms with Crippen molar-refractivity contribution in [3.05, 3.63) is 29.3 Å². The molecule has 2 nitrogen and oxygen atoms in total. The minimum absolute atomic E-state index is 0.593. The van der Waals surface area contributed by atoms with Crippen molar-refractivity contribution in [2.45, 2.75) is 64.5 Å². The lowest BCUT2D eigenvalue weighted by Gasteiger charge is -2.37. The second-order valence-electron chi connectivity index (χ2n) is 6.33. The third-order valence-electron chi connectivity index (χ3n) is 4.60. The van der Waals surface area contributed by atoms with Crippen LogP contribution in [0.15, 0.2) is 18.2 Å². The highest BCUT2D eigenvalue weighted by molar-refractivity contribution is 5.39. The van der Waals surface area contributed by atoms with Crippen LogP contribution in [0.4, 0.5) is 0 Å². The predicted octanol–water partition coefficient (Wildman–Crippen LogP) is 4.29. The van der Waals surface area contributed by atoms with Crippen molar-refractivity contribution in [2.75, 3.05) is 6.73 Å². The van der Waals surface area contributed by atoms with E-state index in [9.17, 15) is 0 Å². The van der Waals surface area contributed by atoms with Crippen LogP contribution in [0.25, 0.3) is 0 Å². The fraction of sp³-hybridized carbons (Fsp3) is 0.647. The number of hydrogen-bond acceptors (Lipinski definition) is 2. The summed E-state index contributed by atoms with van der Waals surface area (Å²) in [5, 5.41) is 0. The third-order valence-corrected chi connectivity index (χ3v) is 4.60. The summed E-state index contributed by atoms with van der Waals surface area (Å²) in [5.74, 6) is 1.69. The number of rotatable bonds is 2. The van der Waals surface area contributed by atoms with Crippen LogP contribution < -0.4 is 4.74 Å². The quantitative estimate of drug-likeness (QED) is 0.785. The van der Waals surface area contributed by atoms with Crippen molar-refractivity contribution in [1.29, 1.82) is 0 Å². The maximum Gasteiger partial charge on any atom is 0.142 e. The Labute approximate surface area is 116 Å². The van der Waals surface area contributed by atoms with Crippen LogP contribution in [-0.2, 0) is 6.54 Å². The molecule has 0 radical (unpaired) electrons. The first-order chi connectivity index (χ1) is 9.24. The number of fused-ring (bicyclic) bond motifs is 1. The van der Waals surface area contributed by atoms with Crippen LogP contribution >= 0.6 is 0 Å². The molecule has 0 bridgehead atoms. The van der Waals surface area contributed by atoms with Crippen molar-refractivity contribution in [2.24, 2.45) is 0 Å². The molecule has 2 aliphatic rings. The van der Waals surface area contributed by atoms with Gasteiger partial charge in [0.25, 0.3) is 0 Å². The zero-order chi connectivity index (χ0) is 13.2. The van der Waals surface area contributed by atoms with Crippen molar-refractivity contribution in [3.63, 3.8) is 0 Å². The van der Waals surface area contributed by atoms with Gasteiger partial charge in [-0.05, 0) is 30.4 Å². The van der Waals surface area contributed by atoms with E-state index in [1.807, 2.05) is 0 Å². The number of hydrogen-bond donors (Lipinski definition) is 0. The Kier molecular flexibility index (Phi) is 3.79. The molecule has 0 unspecified atom stereocenters. The first kappa shape index (κ1) is 13.0. The summed E-state index contributed by atoms with van der Waals surface area (Å²) in [6.45, 7) is 6.36. The molecule has 2 heteroatoms. The molecular formula is C17H25NO. The summed E-state index contributed by atoms with van der Waals surface area (Å²) in [6.07, 6.45) is 6.89. The van der Waals surface area contributed by atoms with E-state index >= 15 is 0 Å². The first-order valence-electron chi connectivity index (χ1n) is 7.73. The van der Waals surface area contributed by atoms with Crippen LogP contribution in [0.2, 0.25) is 0 Å². The van der Waals surface area contributed by atoms with Crippen LogP contribution in [0.5, 0.6) is 5.75 Å². The van der Waals surface area contributed by atoms with Gasteiger partial charge in [-0.3, -0.25) is 4.90 Å². The van der Waals surface area contributed by atoms with Gasteiger partial charge in [-0.2, -0.15) is 0 Å². The Morgan fingerprint density at radius 1 is 1.16 bits per heavy atom. The molecule has 0 N–H and O–H groups in total. The van der Waals surface area contributed by atoms with Gasteiger partial charge < -0.3 is 4.74 Å². The Balaban J connectivity index is 1.76. The van der Waals surface area contributed by atoms with E-state index in [0.29, 0.717) is 5.92 Å². The molecular weight excluding hydrogens is 234 g/mol. The highest BCUT2D eigenvalue weighted by Gasteiger charge is 2.26. The van der Waals surface area contributed by atoms with E-state index in [4.69, 9.17) is 4.74 Å². The second kappa shape index (κ2) is 5.54. The number of nitrogens with zero attached hydrogens (tertiary/aromatic N) is 1. The summed E-state index contributed by atoms with van der Waals surface area (Å²) in [7, 11) is 0. The lowest BCUT2D eigenvalue weighted by atomic mass is 9.93. The molecule has 19 heavy (non-hydrogen) atoms. The molecule has 104 valence electrons. The van der Waals surface area contributed by atoms with Gasteiger partial charge in [0.2, 0.25) is 0 Å². The molecule has 1 saturated carbocycles. The van der Waals surface area contributed by atoms with Gasteiger partial charge in [-0.25, -0.2) is 0 Å². The van der Waals surface area contributed by atoms with Gasteiger partial charge in [0.05, 0.1) is 0 Å². The van der Waals surface area contributed by atoms with Crippen LogP contribution in [-0.4, -0.2) is 17.7 Å². The van der Waals surface area contributed by atoms with E-state index in [2.05, 4.69) is 36.9 Å². The summed E-state index contributed by atoms with van der Waals surface area (Å²) in [6, 6.07) is 7.45. The first-order valence-corrected chi connectivity index (χ1v) is 7.73. The molecule has 0 spiro atoms. The molecule has 0 atom stereocenters. The zero-order valence-corrected chi connectivity index (χ0v) is 12.2. The lowest BCUT2D eigenvalue weighted by Crippen LogP contribution is -2.41. The van der Waals surface area contributed by atoms with Crippen molar-refractivity contribution < 1.29 is 4.74 Å². The molecule has 3 rings (SSSR count). The van der Waals surface area contributed by atoms with Gasteiger partial charge in [-0.1, -0.05) is 45.2 Å². The zero-order valence-electron chi connectivity index (χ0n) is 12.2. The summed E-state index contributed by atoms with van der Waals surface area (Å²) in [4.78, 5) is 2.53. The molecule has 0 amide bonds. The highest BCUT2D eigenvalue weighted by atomic mass is 16.5. The van der Waals surface area contributed by atoms with Gasteiger partial charge in [0.1, 0.15) is 12.5 Å². The third kappa shape index (κ3) is 2.79. The van der Waals surface area contributed by atoms with E-state index in [-0.39, 0.29) is 0 Å². The van der Waals surface area contributed by atoms with Crippen molar-refractivity contribution >= 4 is 0 Å². The molecule has 1 fully saturated rings. The SMILES string of the molecule is CC(C)c1ccc2c(c1)CN(C1CCCCC1)CO2.